The molecule has 126 valence electrons. The molecule has 4 aromatic rings. The lowest BCUT2D eigenvalue weighted by Gasteiger charge is -2.07. The normalized spacial score (nSPS) is 10.9. The molecule has 0 radical (unpaired) electrons. The lowest BCUT2D eigenvalue weighted by atomic mass is 10.2. The van der Waals surface area contributed by atoms with Crippen LogP contribution in [0.5, 0.6) is 5.75 Å². The van der Waals surface area contributed by atoms with Crippen molar-refractivity contribution in [1.82, 2.24) is 9.97 Å². The van der Waals surface area contributed by atoms with Crippen molar-refractivity contribution in [2.24, 2.45) is 0 Å². The second kappa shape index (κ2) is 6.70. The highest BCUT2D eigenvalue weighted by Gasteiger charge is 2.13. The van der Waals surface area contributed by atoms with Crippen molar-refractivity contribution in [1.29, 1.82) is 0 Å². The van der Waals surface area contributed by atoms with Crippen molar-refractivity contribution in [3.05, 3.63) is 63.3 Å². The van der Waals surface area contributed by atoms with Gasteiger partial charge in [0.05, 0.1) is 19.0 Å². The maximum absolute atomic E-state index is 12.5. The van der Waals surface area contributed by atoms with Gasteiger partial charge in [-0.05, 0) is 35.7 Å². The molecule has 0 aliphatic carbocycles. The summed E-state index contributed by atoms with van der Waals surface area (Å²) in [5, 5.41) is 7.93. The molecule has 0 amide bonds. The summed E-state index contributed by atoms with van der Waals surface area (Å²) in [6, 6.07) is 11.6. The van der Waals surface area contributed by atoms with Gasteiger partial charge in [-0.25, -0.2) is 4.98 Å². The lowest BCUT2D eigenvalue weighted by Crippen LogP contribution is -2.14. The number of methoxy groups -OCH3 is 1. The van der Waals surface area contributed by atoms with Crippen molar-refractivity contribution >= 4 is 38.6 Å². The molecule has 4 rings (SSSR count). The first-order chi connectivity index (χ1) is 12.2. The predicted octanol–water partition coefficient (Wildman–Crippen LogP) is 4.33. The molecule has 0 saturated carbocycles. The first kappa shape index (κ1) is 15.9. The van der Waals surface area contributed by atoms with E-state index in [9.17, 15) is 4.79 Å². The molecule has 0 aliphatic rings. The van der Waals surface area contributed by atoms with Crippen molar-refractivity contribution in [3.8, 4) is 16.2 Å². The highest BCUT2D eigenvalue weighted by molar-refractivity contribution is 7.18. The number of nitrogens with one attached hydrogen (secondary N) is 2. The Balaban J connectivity index is 1.60. The first-order valence-corrected chi connectivity index (χ1v) is 9.43. The fraction of sp³-hybridized carbons (Fsp3) is 0.111. The van der Waals surface area contributed by atoms with Gasteiger partial charge in [0.25, 0.3) is 5.56 Å². The summed E-state index contributed by atoms with van der Waals surface area (Å²) in [6.07, 6.45) is 0. The van der Waals surface area contributed by atoms with E-state index < -0.39 is 0 Å². The molecule has 1 aromatic carbocycles. The average Bonchev–Trinajstić information content (AvgIpc) is 3.29. The maximum Gasteiger partial charge on any atom is 0.260 e. The predicted molar refractivity (Wildman–Crippen MR) is 104 cm³/mol. The Bertz CT molecular complexity index is 1050. The number of benzene rings is 1. The van der Waals surface area contributed by atoms with Gasteiger partial charge in [0.1, 0.15) is 16.4 Å². The van der Waals surface area contributed by atoms with Crippen LogP contribution >= 0.6 is 22.7 Å². The number of H-pyrrole nitrogens is 1. The molecule has 0 saturated heterocycles. The van der Waals surface area contributed by atoms with E-state index in [0.717, 1.165) is 26.7 Å². The van der Waals surface area contributed by atoms with Gasteiger partial charge in [-0.2, -0.15) is 0 Å². The largest absolute Gasteiger partial charge is 0.497 e. The molecule has 0 aliphatic heterocycles. The van der Waals surface area contributed by atoms with Crippen LogP contribution in [0.25, 0.3) is 20.7 Å². The topological polar surface area (TPSA) is 67.0 Å². The van der Waals surface area contributed by atoms with Gasteiger partial charge < -0.3 is 15.0 Å². The molecular weight excluding hydrogens is 354 g/mol. The quantitative estimate of drug-likeness (QED) is 0.549. The Morgan fingerprint density at radius 1 is 1.20 bits per heavy atom. The Morgan fingerprint density at radius 3 is 2.76 bits per heavy atom. The zero-order valence-electron chi connectivity index (χ0n) is 13.4. The van der Waals surface area contributed by atoms with E-state index in [1.807, 2.05) is 47.2 Å². The van der Waals surface area contributed by atoms with Crippen LogP contribution in [0.15, 0.2) is 52.0 Å². The zero-order chi connectivity index (χ0) is 17.2. The van der Waals surface area contributed by atoms with Gasteiger partial charge in [0.15, 0.2) is 0 Å². The van der Waals surface area contributed by atoms with Crippen LogP contribution < -0.4 is 15.6 Å². The minimum Gasteiger partial charge on any atom is -0.497 e. The van der Waals surface area contributed by atoms with Crippen LogP contribution in [-0.2, 0) is 6.54 Å². The van der Waals surface area contributed by atoms with Gasteiger partial charge in [-0.1, -0.05) is 6.07 Å². The molecule has 7 heteroatoms. The van der Waals surface area contributed by atoms with E-state index in [1.165, 1.54) is 11.3 Å². The lowest BCUT2D eigenvalue weighted by molar-refractivity contribution is 0.415. The summed E-state index contributed by atoms with van der Waals surface area (Å²) < 4.78 is 5.14. The Labute approximate surface area is 152 Å². The number of rotatable bonds is 5. The molecule has 25 heavy (non-hydrogen) atoms. The van der Waals surface area contributed by atoms with Crippen LogP contribution in [0.3, 0.4) is 0 Å². The molecule has 0 atom stereocenters. The van der Waals surface area contributed by atoms with E-state index in [0.29, 0.717) is 17.8 Å². The van der Waals surface area contributed by atoms with E-state index in [4.69, 9.17) is 4.74 Å². The third-order valence-electron chi connectivity index (χ3n) is 3.83. The summed E-state index contributed by atoms with van der Waals surface area (Å²) in [7, 11) is 1.64. The monoisotopic (exact) mass is 369 g/mol. The molecule has 5 nitrogen and oxygen atoms in total. The maximum atomic E-state index is 12.5. The van der Waals surface area contributed by atoms with Gasteiger partial charge in [0, 0.05) is 21.5 Å². The number of thiophene rings is 2. The molecular formula is C18H15N3O2S2. The summed E-state index contributed by atoms with van der Waals surface area (Å²) in [5.41, 5.74) is 1.80. The number of anilines is 1. The third kappa shape index (κ3) is 3.16. The molecule has 3 aromatic heterocycles. The second-order valence-corrected chi connectivity index (χ2v) is 7.21. The van der Waals surface area contributed by atoms with Crippen molar-refractivity contribution < 1.29 is 4.74 Å². The van der Waals surface area contributed by atoms with E-state index >= 15 is 0 Å². The summed E-state index contributed by atoms with van der Waals surface area (Å²) in [5.74, 6) is 1.42. The van der Waals surface area contributed by atoms with Crippen LogP contribution in [0.1, 0.15) is 5.82 Å². The summed E-state index contributed by atoms with van der Waals surface area (Å²) in [4.78, 5) is 21.9. The minimum atomic E-state index is -0.0961. The Kier molecular flexibility index (Phi) is 4.25. The summed E-state index contributed by atoms with van der Waals surface area (Å²) in [6.45, 7) is 0.448. The number of aromatic amines is 1. The Morgan fingerprint density at radius 2 is 2.04 bits per heavy atom. The van der Waals surface area contributed by atoms with Crippen molar-refractivity contribution in [2.45, 2.75) is 6.54 Å². The van der Waals surface area contributed by atoms with Crippen molar-refractivity contribution in [2.75, 3.05) is 12.4 Å². The van der Waals surface area contributed by atoms with E-state index in [1.54, 1.807) is 18.4 Å². The number of aromatic nitrogens is 2. The highest BCUT2D eigenvalue weighted by Crippen LogP contribution is 2.33. The van der Waals surface area contributed by atoms with Crippen LogP contribution in [0.2, 0.25) is 0 Å². The minimum absolute atomic E-state index is 0.0961. The molecule has 0 bridgehead atoms. The van der Waals surface area contributed by atoms with Gasteiger partial charge >= 0.3 is 0 Å². The number of hydrogen-bond donors (Lipinski definition) is 2. The Hall–Kier alpha value is -2.64. The number of hydrogen-bond acceptors (Lipinski definition) is 6. The number of ether oxygens (including phenoxy) is 1. The van der Waals surface area contributed by atoms with Crippen LogP contribution in [-0.4, -0.2) is 17.1 Å². The molecule has 0 spiro atoms. The molecule has 3 heterocycles. The molecule has 0 unspecified atom stereocenters. The molecule has 0 fully saturated rings. The number of fused-ring (bicyclic) bond motifs is 1. The fourth-order valence-electron chi connectivity index (χ4n) is 2.59. The van der Waals surface area contributed by atoms with Gasteiger partial charge in [-0.15, -0.1) is 22.7 Å². The van der Waals surface area contributed by atoms with Gasteiger partial charge in [-0.3, -0.25) is 4.79 Å². The highest BCUT2D eigenvalue weighted by atomic mass is 32.1. The first-order valence-electron chi connectivity index (χ1n) is 7.67. The average molecular weight is 369 g/mol. The van der Waals surface area contributed by atoms with E-state index in [-0.39, 0.29) is 5.56 Å². The zero-order valence-corrected chi connectivity index (χ0v) is 15.0. The second-order valence-electron chi connectivity index (χ2n) is 5.40. The fourth-order valence-corrected chi connectivity index (χ4v) is 4.37. The number of nitrogens with zero attached hydrogens (tertiary/aromatic N) is 1. The van der Waals surface area contributed by atoms with Crippen LogP contribution in [0, 0.1) is 0 Å². The SMILES string of the molecule is COc1ccc(NCc2nc3scc(-c4cccs4)c3c(=O)[nH]2)cc1. The van der Waals surface area contributed by atoms with E-state index in [2.05, 4.69) is 15.3 Å². The standard InChI is InChI=1S/C18H15N3O2S2/c1-23-12-6-4-11(5-7-12)19-9-15-20-17(22)16-13(10-25-18(16)21-15)14-3-2-8-24-14/h2-8,10,19H,9H2,1H3,(H,20,21,22). The third-order valence-corrected chi connectivity index (χ3v) is 5.60. The van der Waals surface area contributed by atoms with Crippen LogP contribution in [0.4, 0.5) is 5.69 Å². The summed E-state index contributed by atoms with van der Waals surface area (Å²) >= 11 is 3.12. The molecule has 2 N–H and O–H groups in total. The smallest absolute Gasteiger partial charge is 0.260 e. The van der Waals surface area contributed by atoms with Gasteiger partial charge in [0.2, 0.25) is 0 Å². The van der Waals surface area contributed by atoms with Crippen molar-refractivity contribution in [3.63, 3.8) is 0 Å².